The summed E-state index contributed by atoms with van der Waals surface area (Å²) in [6.07, 6.45) is 1.96. The predicted octanol–water partition coefficient (Wildman–Crippen LogP) is 2.79. The van der Waals surface area contributed by atoms with Crippen molar-refractivity contribution in [3.8, 4) is 5.75 Å². The maximum Gasteiger partial charge on any atom is 0.200 e. The highest BCUT2D eigenvalue weighted by Crippen LogP contribution is 2.44. The highest BCUT2D eigenvalue weighted by molar-refractivity contribution is 7.84. The fourth-order valence-electron chi connectivity index (χ4n) is 2.86. The highest BCUT2D eigenvalue weighted by atomic mass is 32.2. The van der Waals surface area contributed by atoms with Gasteiger partial charge in [-0.3, -0.25) is 5.14 Å². The molecule has 2 rings (SSSR count). The summed E-state index contributed by atoms with van der Waals surface area (Å²) >= 11 is 0. The van der Waals surface area contributed by atoms with Gasteiger partial charge < -0.3 is 4.74 Å². The van der Waals surface area contributed by atoms with E-state index in [0.717, 1.165) is 17.5 Å². The lowest BCUT2D eigenvalue weighted by molar-refractivity contribution is 0.367. The summed E-state index contributed by atoms with van der Waals surface area (Å²) in [4.78, 5) is 0. The minimum absolute atomic E-state index is 0.00539. The smallest absolute Gasteiger partial charge is 0.200 e. The molecule has 0 bridgehead atoms. The van der Waals surface area contributed by atoms with Crippen LogP contribution >= 0.6 is 0 Å². The molecular weight excluding hydrogens is 284 g/mol. The fourth-order valence-corrected chi connectivity index (χ4v) is 3.22. The summed E-state index contributed by atoms with van der Waals surface area (Å²) in [5.41, 5.74) is 1.47. The van der Waals surface area contributed by atoms with Gasteiger partial charge in [0.1, 0.15) is 0 Å². The van der Waals surface area contributed by atoms with Gasteiger partial charge in [-0.05, 0) is 50.7 Å². The van der Waals surface area contributed by atoms with Gasteiger partial charge in [-0.25, -0.2) is 8.60 Å². The zero-order valence-electron chi connectivity index (χ0n) is 11.8. The highest BCUT2D eigenvalue weighted by Gasteiger charge is 2.35. The van der Waals surface area contributed by atoms with Crippen molar-refractivity contribution < 1.29 is 17.7 Å². The van der Waals surface area contributed by atoms with Crippen LogP contribution in [0, 0.1) is 11.6 Å². The van der Waals surface area contributed by atoms with Crippen LogP contribution in [0.15, 0.2) is 6.07 Å². The number of fused-ring (bicyclic) bond motifs is 1. The van der Waals surface area contributed by atoms with Crippen LogP contribution in [0.4, 0.5) is 8.78 Å². The number of rotatable bonds is 4. The second-order valence-corrected chi connectivity index (χ2v) is 7.47. The Bertz CT molecular complexity index is 561. The van der Waals surface area contributed by atoms with E-state index in [2.05, 4.69) is 0 Å². The van der Waals surface area contributed by atoms with Crippen molar-refractivity contribution in [2.75, 3.05) is 7.11 Å². The molecule has 0 amide bonds. The Hall–Kier alpha value is -1.01. The molecule has 0 saturated carbocycles. The molecule has 1 aliphatic rings. The molecule has 2 N–H and O–H groups in total. The van der Waals surface area contributed by atoms with E-state index in [1.165, 1.54) is 13.2 Å². The van der Waals surface area contributed by atoms with E-state index in [9.17, 15) is 13.0 Å². The van der Waals surface area contributed by atoms with Crippen molar-refractivity contribution >= 4 is 11.0 Å². The van der Waals surface area contributed by atoms with Gasteiger partial charge in [-0.2, -0.15) is 4.39 Å². The first kappa shape index (κ1) is 15.4. The Morgan fingerprint density at radius 2 is 2.15 bits per heavy atom. The zero-order valence-corrected chi connectivity index (χ0v) is 12.7. The Morgan fingerprint density at radius 3 is 2.70 bits per heavy atom. The van der Waals surface area contributed by atoms with Crippen LogP contribution in [-0.4, -0.2) is 16.1 Å². The van der Waals surface area contributed by atoms with Gasteiger partial charge in [-0.1, -0.05) is 0 Å². The van der Waals surface area contributed by atoms with Gasteiger partial charge >= 0.3 is 0 Å². The second kappa shape index (κ2) is 5.41. The first-order valence-electron chi connectivity index (χ1n) is 6.49. The van der Waals surface area contributed by atoms with Crippen molar-refractivity contribution in [1.29, 1.82) is 0 Å². The predicted molar refractivity (Wildman–Crippen MR) is 75.0 cm³/mol. The Kier molecular flexibility index (Phi) is 4.16. The average Bonchev–Trinajstić information content (AvgIpc) is 2.73. The molecule has 1 unspecified atom stereocenters. The summed E-state index contributed by atoms with van der Waals surface area (Å²) in [6, 6.07) is 1.24. The molecule has 0 heterocycles. The third-order valence-corrected chi connectivity index (χ3v) is 5.24. The van der Waals surface area contributed by atoms with Crippen LogP contribution in [0.25, 0.3) is 0 Å². The van der Waals surface area contributed by atoms with Gasteiger partial charge in [0.05, 0.1) is 22.8 Å². The molecule has 1 aromatic rings. The molecule has 0 aromatic heterocycles. The van der Waals surface area contributed by atoms with Gasteiger partial charge in [0.25, 0.3) is 0 Å². The van der Waals surface area contributed by atoms with Crippen LogP contribution in [0.1, 0.15) is 43.7 Å². The molecule has 0 fully saturated rings. The maximum atomic E-state index is 13.7. The van der Waals surface area contributed by atoms with Crippen molar-refractivity contribution in [3.63, 3.8) is 0 Å². The van der Waals surface area contributed by atoms with E-state index in [4.69, 9.17) is 9.88 Å². The average molecular weight is 303 g/mol. The van der Waals surface area contributed by atoms with E-state index >= 15 is 0 Å². The lowest BCUT2D eigenvalue weighted by atomic mass is 9.91. The molecular formula is C14H19F2NO2S. The Balaban J connectivity index is 2.39. The summed E-state index contributed by atoms with van der Waals surface area (Å²) in [7, 11) is -0.127. The molecule has 20 heavy (non-hydrogen) atoms. The Labute approximate surface area is 120 Å². The minimum Gasteiger partial charge on any atom is -0.493 e. The first-order valence-corrected chi connectivity index (χ1v) is 7.70. The SMILES string of the molecule is COc1c(F)c(F)cc2c1CC[C@@H]2CC(C)(C)S(N)=O. The van der Waals surface area contributed by atoms with Gasteiger partial charge in [0.2, 0.25) is 5.82 Å². The van der Waals surface area contributed by atoms with Gasteiger partial charge in [0.15, 0.2) is 11.6 Å². The lowest BCUT2D eigenvalue weighted by Gasteiger charge is -2.25. The number of hydrogen-bond acceptors (Lipinski definition) is 2. The van der Waals surface area contributed by atoms with E-state index < -0.39 is 27.4 Å². The largest absolute Gasteiger partial charge is 0.493 e. The van der Waals surface area contributed by atoms with Gasteiger partial charge in [0, 0.05) is 5.56 Å². The number of halogens is 2. The quantitative estimate of drug-likeness (QED) is 0.930. The molecule has 3 nitrogen and oxygen atoms in total. The second-order valence-electron chi connectivity index (χ2n) is 5.77. The monoisotopic (exact) mass is 303 g/mol. The topological polar surface area (TPSA) is 52.3 Å². The molecule has 6 heteroatoms. The standard InChI is InChI=1S/C14H19F2NO2S/c1-14(2,20(17)18)7-8-4-5-9-10(8)6-11(15)12(16)13(9)19-3/h6,8H,4-5,7,17H2,1-3H3/t8-,20?/m1/s1. The van der Waals surface area contributed by atoms with Crippen LogP contribution in [-0.2, 0) is 17.4 Å². The number of methoxy groups -OCH3 is 1. The summed E-state index contributed by atoms with van der Waals surface area (Å²) in [5.74, 6) is -1.82. The Morgan fingerprint density at radius 1 is 1.50 bits per heavy atom. The van der Waals surface area contributed by atoms with Crippen molar-refractivity contribution in [3.05, 3.63) is 28.8 Å². The van der Waals surface area contributed by atoms with Crippen LogP contribution in [0.3, 0.4) is 0 Å². The van der Waals surface area contributed by atoms with Crippen LogP contribution in [0.2, 0.25) is 0 Å². The van der Waals surface area contributed by atoms with E-state index in [1.54, 1.807) is 0 Å². The van der Waals surface area contributed by atoms with Gasteiger partial charge in [-0.15, -0.1) is 0 Å². The van der Waals surface area contributed by atoms with E-state index in [1.807, 2.05) is 13.8 Å². The molecule has 1 aliphatic carbocycles. The summed E-state index contributed by atoms with van der Waals surface area (Å²) < 4.78 is 43.3. The van der Waals surface area contributed by atoms with Crippen molar-refractivity contribution in [1.82, 2.24) is 0 Å². The van der Waals surface area contributed by atoms with Crippen LogP contribution in [0.5, 0.6) is 5.75 Å². The molecule has 0 aliphatic heterocycles. The summed E-state index contributed by atoms with van der Waals surface area (Å²) in [5, 5.41) is 5.49. The normalized spacial score (nSPS) is 19.8. The molecule has 112 valence electrons. The van der Waals surface area contributed by atoms with E-state index in [-0.39, 0.29) is 11.7 Å². The molecule has 2 atom stereocenters. The molecule has 1 aromatic carbocycles. The lowest BCUT2D eigenvalue weighted by Crippen LogP contribution is -2.33. The third kappa shape index (κ3) is 2.59. The fraction of sp³-hybridized carbons (Fsp3) is 0.571. The number of hydrogen-bond donors (Lipinski definition) is 1. The number of ether oxygens (including phenoxy) is 1. The van der Waals surface area contributed by atoms with Crippen LogP contribution < -0.4 is 9.88 Å². The first-order chi connectivity index (χ1) is 9.27. The van der Waals surface area contributed by atoms with E-state index in [0.29, 0.717) is 12.8 Å². The zero-order chi connectivity index (χ0) is 15.1. The molecule has 0 spiro atoms. The molecule has 0 saturated heterocycles. The van der Waals surface area contributed by atoms with Crippen molar-refractivity contribution in [2.45, 2.75) is 43.8 Å². The third-order valence-electron chi connectivity index (χ3n) is 3.98. The number of nitrogens with two attached hydrogens (primary N) is 1. The number of benzene rings is 1. The molecule has 0 radical (unpaired) electrons. The minimum atomic E-state index is -1.46. The maximum absolute atomic E-state index is 13.7. The summed E-state index contributed by atoms with van der Waals surface area (Å²) in [6.45, 7) is 3.64. The van der Waals surface area contributed by atoms with Crippen molar-refractivity contribution in [2.24, 2.45) is 5.14 Å².